The molecule has 1 rings (SSSR count). The molecule has 0 heterocycles. The zero-order chi connectivity index (χ0) is 16.0. The summed E-state index contributed by atoms with van der Waals surface area (Å²) in [5, 5.41) is 8.61. The molecule has 22 heavy (non-hydrogen) atoms. The van der Waals surface area contributed by atoms with Crippen molar-refractivity contribution in [2.45, 2.75) is 84.0 Å². The minimum Gasteiger partial charge on any atom is -0.481 e. The van der Waals surface area contributed by atoms with Crippen molar-refractivity contribution in [3.63, 3.8) is 0 Å². The molecule has 0 saturated carbocycles. The van der Waals surface area contributed by atoms with E-state index in [0.717, 1.165) is 18.8 Å². The molecule has 0 saturated heterocycles. The van der Waals surface area contributed by atoms with Gasteiger partial charge in [-0.25, -0.2) is 0 Å². The second kappa shape index (κ2) is 12.5. The van der Waals surface area contributed by atoms with Crippen molar-refractivity contribution in [3.8, 4) is 0 Å². The lowest BCUT2D eigenvalue weighted by Gasteiger charge is -2.16. The molecule has 1 N–H and O–H groups in total. The van der Waals surface area contributed by atoms with Gasteiger partial charge in [0.05, 0.1) is 0 Å². The maximum Gasteiger partial charge on any atom is 0.303 e. The van der Waals surface area contributed by atoms with Crippen molar-refractivity contribution >= 4 is 5.97 Å². The van der Waals surface area contributed by atoms with Gasteiger partial charge in [-0.15, -0.1) is 0 Å². The molecule has 0 spiro atoms. The predicted octanol–water partition coefficient (Wildman–Crippen LogP) is 6.13. The van der Waals surface area contributed by atoms with Crippen LogP contribution >= 0.6 is 0 Å². The van der Waals surface area contributed by atoms with Gasteiger partial charge < -0.3 is 5.11 Å². The second-order valence-electron chi connectivity index (χ2n) is 6.63. The largest absolute Gasteiger partial charge is 0.481 e. The highest BCUT2D eigenvalue weighted by atomic mass is 16.4. The zero-order valence-electron chi connectivity index (χ0n) is 14.3. The van der Waals surface area contributed by atoms with Crippen LogP contribution in [0.4, 0.5) is 0 Å². The molecule has 2 nitrogen and oxygen atoms in total. The Hall–Kier alpha value is -1.05. The molecular formula is C20H34O2. The van der Waals surface area contributed by atoms with Gasteiger partial charge in [0.2, 0.25) is 0 Å². The molecule has 0 unspecified atom stereocenters. The lowest BCUT2D eigenvalue weighted by Crippen LogP contribution is -2.05. The number of hydrogen-bond acceptors (Lipinski definition) is 1. The van der Waals surface area contributed by atoms with Crippen LogP contribution in [0.5, 0.6) is 0 Å². The normalized spacial score (nSPS) is 21.0. The van der Waals surface area contributed by atoms with Gasteiger partial charge in [0, 0.05) is 6.42 Å². The summed E-state index contributed by atoms with van der Waals surface area (Å²) in [6.07, 6.45) is 23.2. The van der Waals surface area contributed by atoms with E-state index in [2.05, 4.69) is 31.2 Å². The standard InChI is InChI=1S/C20H34O2/c1-2-3-4-5-6-9-13-18-15-12-16-19(18)14-10-7-8-11-17-20(21)22/h9,12-13,15,18-19H,2-8,10-11,14,16-17H2,1H3,(H,21,22)/b13-9-/t18-,19-/m0/s1. The van der Waals surface area contributed by atoms with Crippen molar-refractivity contribution in [2.24, 2.45) is 11.8 Å². The molecule has 0 aromatic rings. The van der Waals surface area contributed by atoms with Gasteiger partial charge in [-0.2, -0.15) is 0 Å². The van der Waals surface area contributed by atoms with E-state index in [1.807, 2.05) is 0 Å². The molecule has 0 amide bonds. The molecule has 0 bridgehead atoms. The number of carboxylic acid groups (broad SMARTS) is 1. The van der Waals surface area contributed by atoms with E-state index in [-0.39, 0.29) is 0 Å². The fourth-order valence-electron chi connectivity index (χ4n) is 3.23. The minimum atomic E-state index is -0.663. The van der Waals surface area contributed by atoms with Crippen LogP contribution in [0.3, 0.4) is 0 Å². The first kappa shape index (κ1) is 19.0. The molecule has 1 aliphatic carbocycles. The molecule has 0 aliphatic heterocycles. The predicted molar refractivity (Wildman–Crippen MR) is 94.0 cm³/mol. The van der Waals surface area contributed by atoms with Crippen LogP contribution in [0.2, 0.25) is 0 Å². The fourth-order valence-corrected chi connectivity index (χ4v) is 3.23. The van der Waals surface area contributed by atoms with Gasteiger partial charge in [0.1, 0.15) is 0 Å². The number of carbonyl (C=O) groups is 1. The Labute approximate surface area is 136 Å². The van der Waals surface area contributed by atoms with E-state index >= 15 is 0 Å². The number of rotatable bonds is 13. The van der Waals surface area contributed by atoms with Gasteiger partial charge in [-0.3, -0.25) is 4.79 Å². The molecule has 1 aliphatic rings. The smallest absolute Gasteiger partial charge is 0.303 e. The van der Waals surface area contributed by atoms with Crippen LogP contribution in [0.1, 0.15) is 84.0 Å². The number of hydrogen-bond donors (Lipinski definition) is 1. The second-order valence-corrected chi connectivity index (χ2v) is 6.63. The van der Waals surface area contributed by atoms with Crippen LogP contribution in [-0.4, -0.2) is 11.1 Å². The zero-order valence-corrected chi connectivity index (χ0v) is 14.3. The maximum absolute atomic E-state index is 10.5. The average molecular weight is 306 g/mol. The summed E-state index contributed by atoms with van der Waals surface area (Å²) in [6.45, 7) is 2.26. The van der Waals surface area contributed by atoms with E-state index < -0.39 is 5.97 Å². The third-order valence-electron chi connectivity index (χ3n) is 4.64. The number of unbranched alkanes of at least 4 members (excludes halogenated alkanes) is 7. The highest BCUT2D eigenvalue weighted by Crippen LogP contribution is 2.31. The van der Waals surface area contributed by atoms with E-state index in [1.165, 1.54) is 57.8 Å². The summed E-state index contributed by atoms with van der Waals surface area (Å²) in [5.74, 6) is 0.765. The highest BCUT2D eigenvalue weighted by molar-refractivity contribution is 5.66. The van der Waals surface area contributed by atoms with Crippen LogP contribution < -0.4 is 0 Å². The summed E-state index contributed by atoms with van der Waals surface area (Å²) in [7, 11) is 0. The number of allylic oxidation sites excluding steroid dienone is 4. The fraction of sp³-hybridized carbons (Fsp3) is 0.750. The first-order chi connectivity index (χ1) is 10.7. The first-order valence-corrected chi connectivity index (χ1v) is 9.29. The lowest BCUT2D eigenvalue weighted by atomic mass is 9.89. The third kappa shape index (κ3) is 9.07. The Kier molecular flexibility index (Phi) is 10.8. The molecule has 126 valence electrons. The lowest BCUT2D eigenvalue weighted by molar-refractivity contribution is -0.137. The first-order valence-electron chi connectivity index (χ1n) is 9.29. The van der Waals surface area contributed by atoms with E-state index in [0.29, 0.717) is 12.3 Å². The Morgan fingerprint density at radius 3 is 2.68 bits per heavy atom. The van der Waals surface area contributed by atoms with Crippen LogP contribution in [0.25, 0.3) is 0 Å². The van der Waals surface area contributed by atoms with Crippen LogP contribution in [0.15, 0.2) is 24.3 Å². The van der Waals surface area contributed by atoms with Gasteiger partial charge in [0.25, 0.3) is 0 Å². The summed E-state index contributed by atoms with van der Waals surface area (Å²) in [5.41, 5.74) is 0. The molecule has 2 heteroatoms. The Morgan fingerprint density at radius 2 is 1.91 bits per heavy atom. The quantitative estimate of drug-likeness (QED) is 0.328. The minimum absolute atomic E-state index is 0.328. The summed E-state index contributed by atoms with van der Waals surface area (Å²) in [4.78, 5) is 10.5. The van der Waals surface area contributed by atoms with Gasteiger partial charge in [0.15, 0.2) is 0 Å². The maximum atomic E-state index is 10.5. The van der Waals surface area contributed by atoms with Gasteiger partial charge in [-0.1, -0.05) is 69.8 Å². The average Bonchev–Trinajstić information content (AvgIpc) is 2.93. The summed E-state index contributed by atoms with van der Waals surface area (Å²) < 4.78 is 0. The van der Waals surface area contributed by atoms with Crippen LogP contribution in [-0.2, 0) is 4.79 Å². The number of aliphatic carboxylic acids is 1. The van der Waals surface area contributed by atoms with Crippen molar-refractivity contribution in [2.75, 3.05) is 0 Å². The van der Waals surface area contributed by atoms with Gasteiger partial charge in [-0.05, 0) is 43.9 Å². The third-order valence-corrected chi connectivity index (χ3v) is 4.64. The van der Waals surface area contributed by atoms with Crippen molar-refractivity contribution in [3.05, 3.63) is 24.3 Å². The van der Waals surface area contributed by atoms with Crippen molar-refractivity contribution < 1.29 is 9.90 Å². The molecule has 0 aromatic heterocycles. The molecular weight excluding hydrogens is 272 g/mol. The monoisotopic (exact) mass is 306 g/mol. The Balaban J connectivity index is 2.08. The summed E-state index contributed by atoms with van der Waals surface area (Å²) in [6, 6.07) is 0. The molecule has 0 fully saturated rings. The van der Waals surface area contributed by atoms with Crippen molar-refractivity contribution in [1.29, 1.82) is 0 Å². The molecule has 0 aromatic carbocycles. The molecule has 0 radical (unpaired) electrons. The Bertz CT molecular complexity index is 344. The van der Waals surface area contributed by atoms with Crippen LogP contribution in [0, 0.1) is 11.8 Å². The van der Waals surface area contributed by atoms with E-state index in [9.17, 15) is 4.79 Å². The summed E-state index contributed by atoms with van der Waals surface area (Å²) >= 11 is 0. The van der Waals surface area contributed by atoms with E-state index in [4.69, 9.17) is 5.11 Å². The molecule has 2 atom stereocenters. The highest BCUT2D eigenvalue weighted by Gasteiger charge is 2.19. The SMILES string of the molecule is CCCCCC/C=C\[C@H]1C=CC[C@@H]1CCCCCCC(=O)O. The van der Waals surface area contributed by atoms with Gasteiger partial charge >= 0.3 is 5.97 Å². The van der Waals surface area contributed by atoms with E-state index in [1.54, 1.807) is 0 Å². The topological polar surface area (TPSA) is 37.3 Å². The van der Waals surface area contributed by atoms with Crippen molar-refractivity contribution in [1.82, 2.24) is 0 Å². The number of carboxylic acids is 1. The Morgan fingerprint density at radius 1 is 1.14 bits per heavy atom.